The Morgan fingerprint density at radius 1 is 1.00 bits per heavy atom. The molecule has 0 heterocycles. The third-order valence-corrected chi connectivity index (χ3v) is 11.4. The van der Waals surface area contributed by atoms with E-state index in [9.17, 15) is 14.5 Å². The standard InChI is InChI=1S/C27H36O2.C7H7O2P/c1-16-8-10-25(3)12-13-27(5)19(21(25)14-16)9-11-26(4)20-15-22(28)24(29)17(2)18(20)6-7-23(26)27;8-10-9-6-7-4-2-1-3-5-7/h6-7,15-16,19,21,29H,8-14H2,1-5H3;1-5H,6H2. The number of fused-ring (bicyclic) bond motifs is 7. The highest BCUT2D eigenvalue weighted by Crippen LogP contribution is 2.69. The predicted molar refractivity (Wildman–Crippen MR) is 156 cm³/mol. The van der Waals surface area contributed by atoms with E-state index in [2.05, 4.69) is 44.4 Å². The fourth-order valence-corrected chi connectivity index (χ4v) is 8.96. The molecule has 5 aliphatic rings. The normalized spacial score (nSPS) is 37.2. The topological polar surface area (TPSA) is 63.6 Å². The van der Waals surface area contributed by atoms with E-state index in [0.717, 1.165) is 46.5 Å². The van der Waals surface area contributed by atoms with E-state index < -0.39 is 0 Å². The quantitative estimate of drug-likeness (QED) is 0.384. The minimum Gasteiger partial charge on any atom is -0.504 e. The van der Waals surface area contributed by atoms with Gasteiger partial charge in [0.2, 0.25) is 5.78 Å². The number of rotatable bonds is 3. The van der Waals surface area contributed by atoms with Gasteiger partial charge >= 0.3 is 8.69 Å². The van der Waals surface area contributed by atoms with Crippen molar-refractivity contribution in [2.45, 2.75) is 86.2 Å². The van der Waals surface area contributed by atoms with E-state index in [1.807, 2.05) is 37.3 Å². The number of benzene rings is 1. The van der Waals surface area contributed by atoms with Gasteiger partial charge in [-0.25, -0.2) is 4.57 Å². The molecular weight excluding hydrogens is 503 g/mol. The van der Waals surface area contributed by atoms with Crippen molar-refractivity contribution in [1.82, 2.24) is 0 Å². The highest BCUT2D eigenvalue weighted by Gasteiger charge is 2.60. The summed E-state index contributed by atoms with van der Waals surface area (Å²) in [5, 5.41) is 10.2. The number of ketones is 1. The van der Waals surface area contributed by atoms with Crippen molar-refractivity contribution >= 4 is 14.5 Å². The molecule has 0 aliphatic heterocycles. The molecule has 6 atom stereocenters. The molecule has 4 nitrogen and oxygen atoms in total. The highest BCUT2D eigenvalue weighted by molar-refractivity contribution is 7.17. The van der Waals surface area contributed by atoms with Gasteiger partial charge in [0.05, 0.1) is 6.61 Å². The molecule has 6 rings (SSSR count). The molecular formula is C34H43O4P. The second kappa shape index (κ2) is 10.6. The van der Waals surface area contributed by atoms with Gasteiger partial charge in [-0.05, 0) is 96.8 Å². The first-order valence-corrected chi connectivity index (χ1v) is 15.3. The Morgan fingerprint density at radius 2 is 1.74 bits per heavy atom. The smallest absolute Gasteiger partial charge is 0.327 e. The van der Waals surface area contributed by atoms with Gasteiger partial charge < -0.3 is 5.11 Å². The third kappa shape index (κ3) is 4.82. The van der Waals surface area contributed by atoms with Crippen LogP contribution in [0.5, 0.6) is 0 Å². The molecule has 0 saturated heterocycles. The molecule has 0 amide bonds. The second-order valence-electron chi connectivity index (χ2n) is 13.4. The first kappa shape index (κ1) is 28.2. The van der Waals surface area contributed by atoms with Gasteiger partial charge in [0, 0.05) is 11.0 Å². The average molecular weight is 547 g/mol. The molecule has 5 aliphatic carbocycles. The summed E-state index contributed by atoms with van der Waals surface area (Å²) < 4.78 is 14.5. The molecule has 0 bridgehead atoms. The first-order valence-electron chi connectivity index (χ1n) is 14.6. The summed E-state index contributed by atoms with van der Waals surface area (Å²) in [5.74, 6) is 2.13. The van der Waals surface area contributed by atoms with E-state index in [1.54, 1.807) is 11.6 Å². The molecule has 1 aromatic rings. The maximum absolute atomic E-state index is 12.5. The molecule has 1 N–H and O–H groups in total. The van der Waals surface area contributed by atoms with E-state index in [-0.39, 0.29) is 31.1 Å². The minimum absolute atomic E-state index is 0.0787. The Morgan fingerprint density at radius 3 is 2.46 bits per heavy atom. The van der Waals surface area contributed by atoms with Crippen molar-refractivity contribution in [3.8, 4) is 0 Å². The van der Waals surface area contributed by atoms with Gasteiger partial charge in [0.1, 0.15) is 0 Å². The predicted octanol–water partition coefficient (Wildman–Crippen LogP) is 9.26. The Hall–Kier alpha value is -2.29. The van der Waals surface area contributed by atoms with Crippen molar-refractivity contribution < 1.29 is 19.0 Å². The van der Waals surface area contributed by atoms with Crippen LogP contribution < -0.4 is 0 Å². The highest BCUT2D eigenvalue weighted by atomic mass is 31.1. The summed E-state index contributed by atoms with van der Waals surface area (Å²) in [6.07, 6.45) is 15.5. The molecule has 3 fully saturated rings. The van der Waals surface area contributed by atoms with Crippen LogP contribution in [-0.4, -0.2) is 10.9 Å². The molecule has 1 aromatic carbocycles. The van der Waals surface area contributed by atoms with Gasteiger partial charge in [-0.2, -0.15) is 0 Å². The largest absolute Gasteiger partial charge is 0.504 e. The lowest BCUT2D eigenvalue weighted by Gasteiger charge is -2.64. The number of carbonyl (C=O) groups excluding carboxylic acids is 1. The van der Waals surface area contributed by atoms with Crippen LogP contribution in [0.3, 0.4) is 0 Å². The molecule has 3 saturated carbocycles. The van der Waals surface area contributed by atoms with E-state index in [0.29, 0.717) is 12.0 Å². The van der Waals surface area contributed by atoms with Crippen LogP contribution in [0.25, 0.3) is 0 Å². The lowest BCUT2D eigenvalue weighted by atomic mass is 9.40. The molecule has 0 aromatic heterocycles. The molecule has 5 heteroatoms. The van der Waals surface area contributed by atoms with Gasteiger partial charge in [-0.15, -0.1) is 0 Å². The van der Waals surface area contributed by atoms with Crippen LogP contribution >= 0.6 is 8.69 Å². The van der Waals surface area contributed by atoms with Crippen LogP contribution in [0, 0.1) is 34.0 Å². The van der Waals surface area contributed by atoms with Crippen molar-refractivity contribution in [3.05, 3.63) is 82.2 Å². The second-order valence-corrected chi connectivity index (χ2v) is 13.8. The maximum atomic E-state index is 12.5. The van der Waals surface area contributed by atoms with E-state index in [4.69, 9.17) is 0 Å². The van der Waals surface area contributed by atoms with Crippen LogP contribution in [-0.2, 0) is 20.5 Å². The Balaban J connectivity index is 0.000000261. The average Bonchev–Trinajstić information content (AvgIpc) is 2.92. The summed E-state index contributed by atoms with van der Waals surface area (Å²) in [4.78, 5) is 12.5. The van der Waals surface area contributed by atoms with Crippen LogP contribution in [0.15, 0.2) is 76.6 Å². The number of hydrogen-bond donors (Lipinski definition) is 1. The maximum Gasteiger partial charge on any atom is 0.327 e. The SMILES string of the molecule is CC1=C(O)C(=O)C=C2C1=CC=C1C2(C)CCC2C3CC(C)CCC3(C)CCC12C.O=POCc1ccccc1. The first-order chi connectivity index (χ1) is 18.5. The lowest BCUT2D eigenvalue weighted by Crippen LogP contribution is -2.55. The molecule has 0 radical (unpaired) electrons. The van der Waals surface area contributed by atoms with Crippen LogP contribution in [0.4, 0.5) is 0 Å². The fraction of sp³-hybridized carbons (Fsp3) is 0.559. The zero-order valence-electron chi connectivity index (χ0n) is 24.1. The van der Waals surface area contributed by atoms with E-state index in [1.165, 1.54) is 38.5 Å². The monoisotopic (exact) mass is 546 g/mol. The van der Waals surface area contributed by atoms with Crippen LogP contribution in [0.2, 0.25) is 0 Å². The summed E-state index contributed by atoms with van der Waals surface area (Å²) >= 11 is 0. The van der Waals surface area contributed by atoms with Crippen molar-refractivity contribution in [1.29, 1.82) is 0 Å². The Kier molecular flexibility index (Phi) is 7.68. The lowest BCUT2D eigenvalue weighted by molar-refractivity contribution is -0.114. The van der Waals surface area contributed by atoms with E-state index >= 15 is 0 Å². The Bertz CT molecular complexity index is 1270. The number of allylic oxidation sites excluding steroid dienone is 7. The summed E-state index contributed by atoms with van der Waals surface area (Å²) in [5.41, 5.74) is 6.21. The number of hydrogen-bond acceptors (Lipinski definition) is 4. The molecule has 6 unspecified atom stereocenters. The van der Waals surface area contributed by atoms with Crippen molar-refractivity contribution in [3.63, 3.8) is 0 Å². The molecule has 0 spiro atoms. The van der Waals surface area contributed by atoms with Crippen molar-refractivity contribution in [2.24, 2.45) is 34.0 Å². The zero-order chi connectivity index (χ0) is 28.0. The van der Waals surface area contributed by atoms with Crippen molar-refractivity contribution in [2.75, 3.05) is 0 Å². The number of carbonyl (C=O) groups is 1. The van der Waals surface area contributed by atoms with Gasteiger partial charge in [0.25, 0.3) is 0 Å². The number of aliphatic hydroxyl groups excluding tert-OH is 1. The zero-order valence-corrected chi connectivity index (χ0v) is 25.0. The fourth-order valence-electron chi connectivity index (χ4n) is 8.75. The molecule has 208 valence electrons. The minimum atomic E-state index is -0.260. The summed E-state index contributed by atoms with van der Waals surface area (Å²) in [6.45, 7) is 12.2. The number of aliphatic hydroxyl groups is 1. The van der Waals surface area contributed by atoms with Gasteiger partial charge in [0.15, 0.2) is 5.76 Å². The van der Waals surface area contributed by atoms with Crippen LogP contribution in [0.1, 0.15) is 85.1 Å². The van der Waals surface area contributed by atoms with Gasteiger partial charge in [-0.3, -0.25) is 9.32 Å². The Labute approximate surface area is 235 Å². The van der Waals surface area contributed by atoms with Gasteiger partial charge in [-0.1, -0.05) is 82.2 Å². The molecule has 39 heavy (non-hydrogen) atoms. The summed E-state index contributed by atoms with van der Waals surface area (Å²) in [7, 11) is -0.260. The summed E-state index contributed by atoms with van der Waals surface area (Å²) in [6, 6.07) is 9.61. The third-order valence-electron chi connectivity index (χ3n) is 11.1.